The van der Waals surface area contributed by atoms with Gasteiger partial charge >= 0.3 is 11.9 Å². The molecule has 1 aromatic heterocycles. The summed E-state index contributed by atoms with van der Waals surface area (Å²) in [5.74, 6) is -4.76. The van der Waals surface area contributed by atoms with Crippen LogP contribution in [-0.2, 0) is 18.0 Å². The number of thiol groups is 1. The molecule has 0 saturated carbocycles. The van der Waals surface area contributed by atoms with Crippen LogP contribution >= 0.6 is 24.8 Å². The van der Waals surface area contributed by atoms with Crippen molar-refractivity contribution in [3.8, 4) is 0 Å². The first-order valence-electron chi connectivity index (χ1n) is 8.71. The van der Waals surface area contributed by atoms with Gasteiger partial charge in [-0.05, 0) is 6.07 Å². The summed E-state index contributed by atoms with van der Waals surface area (Å²) < 4.78 is 66.6. The topological polar surface area (TPSA) is 120 Å². The molecular weight excluding hydrogens is 493 g/mol. The molecule has 0 aliphatic carbocycles. The third-order valence-electron chi connectivity index (χ3n) is 4.25. The Bertz CT molecular complexity index is 1270. The Morgan fingerprint density at radius 2 is 1.97 bits per heavy atom. The van der Waals surface area contributed by atoms with E-state index in [1.807, 2.05) is 0 Å². The molecule has 0 radical (unpaired) electrons. The number of nitrogens with one attached hydrogen (secondary N) is 3. The summed E-state index contributed by atoms with van der Waals surface area (Å²) in [7, 11) is 1.16. The Morgan fingerprint density at radius 3 is 2.55 bits per heavy atom. The van der Waals surface area contributed by atoms with E-state index in [2.05, 4.69) is 40.1 Å². The number of aromatic nitrogens is 2. The van der Waals surface area contributed by atoms with Crippen LogP contribution in [-0.4, -0.2) is 32.9 Å². The van der Waals surface area contributed by atoms with Crippen molar-refractivity contribution < 1.29 is 26.7 Å². The van der Waals surface area contributed by atoms with Gasteiger partial charge in [0.25, 0.3) is 5.56 Å². The van der Waals surface area contributed by atoms with E-state index in [1.54, 1.807) is 0 Å². The Morgan fingerprint density at radius 1 is 1.33 bits per heavy atom. The summed E-state index contributed by atoms with van der Waals surface area (Å²) >= 11 is 8.58. The van der Waals surface area contributed by atoms with Crippen LogP contribution in [0, 0.1) is 17.0 Å². The fourth-order valence-corrected chi connectivity index (χ4v) is 3.11. The highest BCUT2D eigenvalue weighted by Gasteiger charge is 2.36. The summed E-state index contributed by atoms with van der Waals surface area (Å²) in [4.78, 5) is 41.6. The van der Waals surface area contributed by atoms with Gasteiger partial charge in [0, 0.05) is 18.0 Å². The number of halogens is 5. The number of rotatable bonds is 7. The minimum Gasteiger partial charge on any atom is -0.317 e. The highest BCUT2D eigenvalue weighted by atomic mass is 32.1. The first-order chi connectivity index (χ1) is 15.3. The predicted molar refractivity (Wildman–Crippen MR) is 115 cm³/mol. The Hall–Kier alpha value is -3.20. The maximum atomic E-state index is 14.1. The number of thiocarbonyl (C=S) groups is 1. The lowest BCUT2D eigenvalue weighted by Crippen LogP contribution is -2.37. The fourth-order valence-electron chi connectivity index (χ4n) is 2.57. The molecule has 0 spiro atoms. The van der Waals surface area contributed by atoms with E-state index in [-0.39, 0.29) is 10.6 Å². The molecule has 2 rings (SSSR count). The normalized spacial score (nSPS) is 12.6. The molecule has 0 aliphatic heterocycles. The van der Waals surface area contributed by atoms with Gasteiger partial charge in [0.2, 0.25) is 5.91 Å². The van der Waals surface area contributed by atoms with Crippen LogP contribution in [0.15, 0.2) is 31.7 Å². The Balaban J connectivity index is 2.15. The SMILES string of the molecule is Cn1c(=O)[nH]c(S)c(C(=N)CC(=O)NC=NC(C=S)c2ccc(C(F)(F)F)c(F)c2F)c1=O. The zero-order chi connectivity index (χ0) is 25.1. The summed E-state index contributed by atoms with van der Waals surface area (Å²) in [5.41, 5.74) is -4.80. The molecule has 2 aromatic rings. The molecule has 1 aromatic carbocycles. The van der Waals surface area contributed by atoms with Crippen molar-refractivity contribution in [1.82, 2.24) is 14.9 Å². The molecule has 33 heavy (non-hydrogen) atoms. The van der Waals surface area contributed by atoms with E-state index in [0.29, 0.717) is 16.7 Å². The van der Waals surface area contributed by atoms with Gasteiger partial charge in [-0.2, -0.15) is 13.2 Å². The van der Waals surface area contributed by atoms with Crippen molar-refractivity contribution >= 4 is 48.2 Å². The highest BCUT2D eigenvalue weighted by molar-refractivity contribution is 7.80. The van der Waals surface area contributed by atoms with Crippen molar-refractivity contribution in [2.24, 2.45) is 12.0 Å². The number of benzene rings is 1. The Labute approximate surface area is 192 Å². The van der Waals surface area contributed by atoms with Crippen molar-refractivity contribution in [1.29, 1.82) is 5.41 Å². The van der Waals surface area contributed by atoms with Crippen LogP contribution in [0.5, 0.6) is 0 Å². The average molecular weight is 507 g/mol. The zero-order valence-corrected chi connectivity index (χ0v) is 18.2. The van der Waals surface area contributed by atoms with Gasteiger partial charge in [-0.3, -0.25) is 19.1 Å². The molecule has 1 unspecified atom stereocenters. The first kappa shape index (κ1) is 26.1. The predicted octanol–water partition coefficient (Wildman–Crippen LogP) is 2.30. The first-order valence-corrected chi connectivity index (χ1v) is 9.62. The molecule has 0 bridgehead atoms. The fraction of sp³-hybridized carbons (Fsp3) is 0.222. The third kappa shape index (κ3) is 5.78. The van der Waals surface area contributed by atoms with Gasteiger partial charge < -0.3 is 15.7 Å². The molecule has 1 amide bonds. The lowest BCUT2D eigenvalue weighted by atomic mass is 10.0. The van der Waals surface area contributed by atoms with Crippen molar-refractivity contribution in [2.75, 3.05) is 0 Å². The van der Waals surface area contributed by atoms with Crippen LogP contribution in [0.2, 0.25) is 0 Å². The highest BCUT2D eigenvalue weighted by Crippen LogP contribution is 2.34. The second-order valence-corrected chi connectivity index (χ2v) is 7.15. The number of H-pyrrole nitrogens is 1. The number of carbonyl (C=O) groups excluding carboxylic acids is 1. The number of amides is 1. The monoisotopic (exact) mass is 507 g/mol. The van der Waals surface area contributed by atoms with Crippen LogP contribution in [0.25, 0.3) is 0 Å². The van der Waals surface area contributed by atoms with Crippen molar-refractivity contribution in [2.45, 2.75) is 23.7 Å². The van der Waals surface area contributed by atoms with E-state index in [1.165, 1.54) is 0 Å². The summed E-state index contributed by atoms with van der Waals surface area (Å²) in [6.07, 6.45) is -5.00. The van der Waals surface area contributed by atoms with Crippen LogP contribution in [0.3, 0.4) is 0 Å². The van der Waals surface area contributed by atoms with Gasteiger partial charge in [0.15, 0.2) is 11.6 Å². The minimum absolute atomic E-state index is 0.213. The average Bonchev–Trinajstić information content (AvgIpc) is 2.71. The summed E-state index contributed by atoms with van der Waals surface area (Å²) in [6.45, 7) is 0. The molecule has 176 valence electrons. The van der Waals surface area contributed by atoms with E-state index in [0.717, 1.165) is 18.8 Å². The van der Waals surface area contributed by atoms with Crippen molar-refractivity contribution in [3.05, 3.63) is 61.3 Å². The molecule has 8 nitrogen and oxygen atoms in total. The van der Waals surface area contributed by atoms with E-state index >= 15 is 0 Å². The quantitative estimate of drug-likeness (QED) is 0.115. The molecule has 0 saturated heterocycles. The number of aromatic amines is 1. The Kier molecular flexibility index (Phi) is 8.02. The van der Waals surface area contributed by atoms with Gasteiger partial charge in [0.1, 0.15) is 6.04 Å². The standard InChI is InChI=1S/C18H14F5N5O3S2/c1-28-16(30)12(15(33)27-17(28)31)9(24)4-11(29)26-6-25-10(5-32)7-2-3-8(18(21,22)23)14(20)13(7)19/h2-3,5-6,10,24,33H,4H2,1H3,(H,27,31)(H,25,26,29). The number of carbonyl (C=O) groups is 1. The number of alkyl halides is 3. The van der Waals surface area contributed by atoms with Gasteiger partial charge in [-0.1, -0.05) is 18.3 Å². The zero-order valence-electron chi connectivity index (χ0n) is 16.5. The molecule has 3 N–H and O–H groups in total. The second-order valence-electron chi connectivity index (χ2n) is 6.43. The smallest absolute Gasteiger partial charge is 0.317 e. The minimum atomic E-state index is -5.10. The van der Waals surface area contributed by atoms with Gasteiger partial charge in [-0.25, -0.2) is 13.6 Å². The van der Waals surface area contributed by atoms with Crippen LogP contribution in [0.1, 0.15) is 29.2 Å². The van der Waals surface area contributed by atoms with E-state index in [9.17, 15) is 36.3 Å². The molecule has 1 atom stereocenters. The van der Waals surface area contributed by atoms with E-state index < -0.39 is 64.3 Å². The summed E-state index contributed by atoms with van der Waals surface area (Å²) in [6, 6.07) is -0.398. The van der Waals surface area contributed by atoms with Crippen LogP contribution < -0.4 is 16.6 Å². The van der Waals surface area contributed by atoms with Gasteiger partial charge in [0.05, 0.1) is 34.6 Å². The molecule has 0 fully saturated rings. The molecule has 15 heteroatoms. The van der Waals surface area contributed by atoms with Gasteiger partial charge in [-0.15, -0.1) is 12.6 Å². The number of nitrogens with zero attached hydrogens (tertiary/aromatic N) is 2. The number of hydrogen-bond acceptors (Lipinski definition) is 7. The third-order valence-corrected chi connectivity index (χ3v) is 4.84. The summed E-state index contributed by atoms with van der Waals surface area (Å²) in [5, 5.41) is 10.7. The number of hydrogen-bond donors (Lipinski definition) is 4. The number of aliphatic imine (C=N–C) groups is 1. The lowest BCUT2D eigenvalue weighted by molar-refractivity contribution is -0.140. The molecular formula is C18H14F5N5O3S2. The maximum Gasteiger partial charge on any atom is 0.419 e. The second kappa shape index (κ2) is 10.2. The van der Waals surface area contributed by atoms with E-state index in [4.69, 9.17) is 5.41 Å². The maximum absolute atomic E-state index is 14.1. The molecule has 1 heterocycles. The lowest BCUT2D eigenvalue weighted by Gasteiger charge is -2.13. The van der Waals surface area contributed by atoms with Crippen molar-refractivity contribution in [3.63, 3.8) is 0 Å². The van der Waals surface area contributed by atoms with Crippen LogP contribution in [0.4, 0.5) is 22.0 Å². The molecule has 0 aliphatic rings. The largest absolute Gasteiger partial charge is 0.419 e.